The van der Waals surface area contributed by atoms with E-state index in [0.29, 0.717) is 11.6 Å². The van der Waals surface area contributed by atoms with Crippen LogP contribution in [0.2, 0.25) is 0 Å². The highest BCUT2D eigenvalue weighted by Crippen LogP contribution is 2.34. The van der Waals surface area contributed by atoms with Gasteiger partial charge in [0.05, 0.1) is 12.5 Å². The van der Waals surface area contributed by atoms with Crippen molar-refractivity contribution >= 4 is 16.8 Å². The van der Waals surface area contributed by atoms with Crippen LogP contribution >= 0.6 is 0 Å². The lowest BCUT2D eigenvalue weighted by Gasteiger charge is -2.02. The number of aromatic nitrogens is 2. The molecule has 0 atom stereocenters. The predicted octanol–water partition coefficient (Wildman–Crippen LogP) is 2.41. The van der Waals surface area contributed by atoms with Gasteiger partial charge in [-0.3, -0.25) is 0 Å². The second-order valence-electron chi connectivity index (χ2n) is 3.70. The van der Waals surface area contributed by atoms with Gasteiger partial charge in [-0.2, -0.15) is 0 Å². The summed E-state index contributed by atoms with van der Waals surface area (Å²) in [4.78, 5) is 3.17. The van der Waals surface area contributed by atoms with Crippen molar-refractivity contribution in [3.05, 3.63) is 30.5 Å². The molecule has 0 aliphatic rings. The lowest BCUT2D eigenvalue weighted by Crippen LogP contribution is -1.84. The van der Waals surface area contributed by atoms with Crippen molar-refractivity contribution in [3.63, 3.8) is 0 Å². The molecule has 0 saturated heterocycles. The van der Waals surface area contributed by atoms with E-state index in [1.807, 2.05) is 24.4 Å². The van der Waals surface area contributed by atoms with Crippen LogP contribution in [0.1, 0.15) is 0 Å². The number of methoxy groups -OCH3 is 1. The highest BCUT2D eigenvalue weighted by Gasteiger charge is 2.13. The standard InChI is InChI=1S/C12H11N3O2/c1-16-10-4-2-3-8-12(10)7(6-14-8)9-5-11(13)17-15-9/h2-6,14H,13H2,1H3. The van der Waals surface area contributed by atoms with Gasteiger partial charge in [-0.25, -0.2) is 0 Å². The SMILES string of the molecule is COc1cccc2[nH]cc(-c3cc(N)on3)c12. The number of H-pyrrole nitrogens is 1. The van der Waals surface area contributed by atoms with E-state index in [0.717, 1.165) is 22.2 Å². The normalized spacial score (nSPS) is 10.9. The van der Waals surface area contributed by atoms with Crippen LogP contribution in [0.15, 0.2) is 35.0 Å². The Bertz CT molecular complexity index is 669. The van der Waals surface area contributed by atoms with Crippen molar-refractivity contribution in [2.45, 2.75) is 0 Å². The second kappa shape index (κ2) is 3.55. The van der Waals surface area contributed by atoms with Gasteiger partial charge in [0, 0.05) is 23.3 Å². The minimum atomic E-state index is 0.296. The fourth-order valence-electron chi connectivity index (χ4n) is 1.94. The van der Waals surface area contributed by atoms with Gasteiger partial charge in [0.15, 0.2) is 0 Å². The van der Waals surface area contributed by atoms with Gasteiger partial charge in [0.2, 0.25) is 5.88 Å². The van der Waals surface area contributed by atoms with E-state index in [1.165, 1.54) is 0 Å². The number of fused-ring (bicyclic) bond motifs is 1. The molecule has 0 bridgehead atoms. The Labute approximate surface area is 97.2 Å². The number of aromatic amines is 1. The fourth-order valence-corrected chi connectivity index (χ4v) is 1.94. The topological polar surface area (TPSA) is 77.1 Å². The number of hydrogen-bond acceptors (Lipinski definition) is 4. The lowest BCUT2D eigenvalue weighted by atomic mass is 10.1. The summed E-state index contributed by atoms with van der Waals surface area (Å²) < 4.78 is 10.2. The predicted molar refractivity (Wildman–Crippen MR) is 64.8 cm³/mol. The van der Waals surface area contributed by atoms with Crippen LogP contribution in [-0.4, -0.2) is 17.3 Å². The Morgan fingerprint density at radius 3 is 3.00 bits per heavy atom. The Morgan fingerprint density at radius 1 is 1.41 bits per heavy atom. The van der Waals surface area contributed by atoms with Crippen molar-refractivity contribution < 1.29 is 9.26 Å². The number of hydrogen-bond donors (Lipinski definition) is 2. The molecule has 0 fully saturated rings. The molecule has 86 valence electrons. The van der Waals surface area contributed by atoms with E-state index in [4.69, 9.17) is 15.0 Å². The maximum absolute atomic E-state index is 5.53. The first kappa shape index (κ1) is 9.77. The molecule has 0 amide bonds. The summed E-state index contributed by atoms with van der Waals surface area (Å²) in [7, 11) is 1.64. The molecule has 2 aromatic heterocycles. The molecule has 0 aliphatic heterocycles. The highest BCUT2D eigenvalue weighted by molar-refractivity contribution is 5.99. The second-order valence-corrected chi connectivity index (χ2v) is 3.70. The van der Waals surface area contributed by atoms with Crippen molar-refractivity contribution in [2.75, 3.05) is 12.8 Å². The third-order valence-electron chi connectivity index (χ3n) is 2.69. The number of benzene rings is 1. The zero-order chi connectivity index (χ0) is 11.8. The average molecular weight is 229 g/mol. The molecule has 3 N–H and O–H groups in total. The van der Waals surface area contributed by atoms with Crippen LogP contribution in [0.25, 0.3) is 22.2 Å². The maximum atomic E-state index is 5.53. The van der Waals surface area contributed by atoms with Gasteiger partial charge < -0.3 is 20.0 Å². The third kappa shape index (κ3) is 1.44. The molecule has 0 radical (unpaired) electrons. The van der Waals surface area contributed by atoms with Crippen molar-refractivity contribution in [3.8, 4) is 17.0 Å². The van der Waals surface area contributed by atoms with Crippen LogP contribution in [0.4, 0.5) is 5.88 Å². The number of ether oxygens (including phenoxy) is 1. The first-order valence-electron chi connectivity index (χ1n) is 5.16. The van der Waals surface area contributed by atoms with E-state index in [-0.39, 0.29) is 0 Å². The molecule has 0 unspecified atom stereocenters. The molecule has 0 saturated carbocycles. The monoisotopic (exact) mass is 229 g/mol. The van der Waals surface area contributed by atoms with Crippen molar-refractivity contribution in [1.29, 1.82) is 0 Å². The van der Waals surface area contributed by atoms with Gasteiger partial charge in [-0.15, -0.1) is 0 Å². The molecule has 2 heterocycles. The zero-order valence-corrected chi connectivity index (χ0v) is 9.23. The van der Waals surface area contributed by atoms with Gasteiger partial charge >= 0.3 is 0 Å². The molecule has 3 rings (SSSR count). The Balaban J connectivity index is 2.30. The molecular formula is C12H11N3O2. The molecule has 0 spiro atoms. The maximum Gasteiger partial charge on any atom is 0.222 e. The minimum Gasteiger partial charge on any atom is -0.496 e. The molecule has 5 heteroatoms. The van der Waals surface area contributed by atoms with Gasteiger partial charge in [-0.05, 0) is 12.1 Å². The number of nitrogens with one attached hydrogen (secondary N) is 1. The Kier molecular flexibility index (Phi) is 2.04. The molecule has 1 aromatic carbocycles. The summed E-state index contributed by atoms with van der Waals surface area (Å²) in [6, 6.07) is 7.50. The van der Waals surface area contributed by atoms with E-state index in [1.54, 1.807) is 13.2 Å². The highest BCUT2D eigenvalue weighted by atomic mass is 16.5. The lowest BCUT2D eigenvalue weighted by molar-refractivity contribution is 0.420. The summed E-state index contributed by atoms with van der Waals surface area (Å²) in [5.41, 5.74) is 8.12. The van der Waals surface area contributed by atoms with Crippen LogP contribution in [0.5, 0.6) is 5.75 Å². The van der Waals surface area contributed by atoms with E-state index >= 15 is 0 Å². The number of nitrogens with two attached hydrogens (primary N) is 1. The number of anilines is 1. The van der Waals surface area contributed by atoms with E-state index < -0.39 is 0 Å². The van der Waals surface area contributed by atoms with E-state index in [2.05, 4.69) is 10.1 Å². The molecular weight excluding hydrogens is 218 g/mol. The number of nitrogens with zero attached hydrogens (tertiary/aromatic N) is 1. The third-order valence-corrected chi connectivity index (χ3v) is 2.69. The van der Waals surface area contributed by atoms with Gasteiger partial charge in [0.25, 0.3) is 0 Å². The van der Waals surface area contributed by atoms with Crippen LogP contribution in [-0.2, 0) is 0 Å². The van der Waals surface area contributed by atoms with Crippen LogP contribution in [0.3, 0.4) is 0 Å². The van der Waals surface area contributed by atoms with Gasteiger partial charge in [-0.1, -0.05) is 11.2 Å². The molecule has 17 heavy (non-hydrogen) atoms. The minimum absolute atomic E-state index is 0.296. The molecule has 3 aromatic rings. The largest absolute Gasteiger partial charge is 0.496 e. The quantitative estimate of drug-likeness (QED) is 0.707. The summed E-state index contributed by atoms with van der Waals surface area (Å²) >= 11 is 0. The number of nitrogen functional groups attached to an aromatic ring is 1. The summed E-state index contributed by atoms with van der Waals surface area (Å²) in [6.07, 6.45) is 1.87. The van der Waals surface area contributed by atoms with Gasteiger partial charge in [0.1, 0.15) is 11.4 Å². The van der Waals surface area contributed by atoms with E-state index in [9.17, 15) is 0 Å². The first-order chi connectivity index (χ1) is 8.29. The zero-order valence-electron chi connectivity index (χ0n) is 9.23. The Hall–Kier alpha value is -2.43. The summed E-state index contributed by atoms with van der Waals surface area (Å²) in [5, 5.41) is 4.88. The summed E-state index contributed by atoms with van der Waals surface area (Å²) in [6.45, 7) is 0. The van der Waals surface area contributed by atoms with Crippen molar-refractivity contribution in [2.24, 2.45) is 0 Å². The van der Waals surface area contributed by atoms with Crippen LogP contribution in [0, 0.1) is 0 Å². The Morgan fingerprint density at radius 2 is 2.29 bits per heavy atom. The number of rotatable bonds is 2. The average Bonchev–Trinajstić information content (AvgIpc) is 2.94. The fraction of sp³-hybridized carbons (Fsp3) is 0.0833. The molecule has 0 aliphatic carbocycles. The molecule has 5 nitrogen and oxygen atoms in total. The smallest absolute Gasteiger partial charge is 0.222 e. The van der Waals surface area contributed by atoms with Crippen molar-refractivity contribution in [1.82, 2.24) is 10.1 Å². The van der Waals surface area contributed by atoms with Crippen LogP contribution < -0.4 is 10.5 Å². The summed E-state index contributed by atoms with van der Waals surface area (Å²) in [5.74, 6) is 1.09. The first-order valence-corrected chi connectivity index (χ1v) is 5.16.